The molecule has 7 nitrogen and oxygen atoms in total. The Labute approximate surface area is 414 Å². The standard InChI is InChI=1S/C42H30N2.C12H10FN2.C6H5NO2.Ir/c1-4-12-31(13-5-1)32-20-25-37(26-21-32)43(35-14-6-2-7-15-35)38-27-22-33(23-28-38)34-24-29-42-40(30-34)39-18-10-11-19-41(39)44(42)36-16-8-3-9-17-36;1-8-7-14-12(9(2)15-8)10-3-5-11(13)6-4-10;8-6(9)5-3-1-2-4-7-5;/h1-30H;3,5-7H,1-2H3;1-4H,(H,8,9);/q;-1;;. The number of carboxylic acids is 1. The van der Waals surface area contributed by atoms with Crippen LogP contribution in [-0.4, -0.2) is 30.6 Å². The summed E-state index contributed by atoms with van der Waals surface area (Å²) in [6.07, 6.45) is 3.14. The van der Waals surface area contributed by atoms with Crippen molar-refractivity contribution in [2.75, 3.05) is 4.90 Å². The van der Waals surface area contributed by atoms with Gasteiger partial charge in [0.2, 0.25) is 0 Å². The van der Waals surface area contributed by atoms with E-state index < -0.39 is 5.97 Å². The van der Waals surface area contributed by atoms with E-state index in [-0.39, 0.29) is 31.6 Å². The smallest absolute Gasteiger partial charge is 0.354 e. The van der Waals surface area contributed by atoms with Crippen LogP contribution in [0.15, 0.2) is 231 Å². The van der Waals surface area contributed by atoms with Crippen LogP contribution in [0.25, 0.3) is 61.0 Å². The number of aromatic carboxylic acids is 1. The molecule has 8 aromatic carbocycles. The minimum Gasteiger partial charge on any atom is -0.477 e. The number of nitrogens with zero attached hydrogens (tertiary/aromatic N) is 5. The second kappa shape index (κ2) is 22.0. The van der Waals surface area contributed by atoms with E-state index in [2.05, 4.69) is 212 Å². The second-order valence-corrected chi connectivity index (χ2v) is 15.9. The third kappa shape index (κ3) is 10.9. The number of hydrogen-bond acceptors (Lipinski definition) is 5. The number of benzene rings is 8. The minimum absolute atomic E-state index is 0. The number of carboxylic acid groups (broad SMARTS) is 1. The van der Waals surface area contributed by atoms with Gasteiger partial charge < -0.3 is 19.6 Å². The Morgan fingerprint density at radius 1 is 0.565 bits per heavy atom. The molecule has 0 aliphatic carbocycles. The van der Waals surface area contributed by atoms with E-state index >= 15 is 0 Å². The Balaban J connectivity index is 0.000000210. The predicted octanol–water partition coefficient (Wildman–Crippen LogP) is 15.1. The van der Waals surface area contributed by atoms with Crippen molar-refractivity contribution < 1.29 is 34.4 Å². The van der Waals surface area contributed by atoms with E-state index in [1.54, 1.807) is 24.4 Å². The van der Waals surface area contributed by atoms with Gasteiger partial charge in [0.15, 0.2) is 0 Å². The van der Waals surface area contributed by atoms with E-state index in [9.17, 15) is 9.18 Å². The fourth-order valence-corrected chi connectivity index (χ4v) is 8.17. The average molecular weight is 1080 g/mol. The van der Waals surface area contributed by atoms with Crippen LogP contribution in [-0.2, 0) is 20.1 Å². The topological polar surface area (TPSA) is 84.1 Å². The van der Waals surface area contributed by atoms with Crippen LogP contribution in [0.1, 0.15) is 21.9 Å². The molecule has 1 N–H and O–H groups in total. The zero-order valence-electron chi connectivity index (χ0n) is 37.7. The Morgan fingerprint density at radius 3 is 1.71 bits per heavy atom. The van der Waals surface area contributed by atoms with Crippen LogP contribution in [0.3, 0.4) is 0 Å². The van der Waals surface area contributed by atoms with Gasteiger partial charge in [-0.2, -0.15) is 0 Å². The van der Waals surface area contributed by atoms with Gasteiger partial charge in [-0.25, -0.2) is 9.78 Å². The average Bonchev–Trinajstić information content (AvgIpc) is 3.72. The molecular formula is C60H45FIrN5O2-. The Kier molecular flexibility index (Phi) is 15.0. The van der Waals surface area contributed by atoms with Crippen LogP contribution >= 0.6 is 0 Å². The molecule has 0 spiro atoms. The molecule has 339 valence electrons. The molecule has 1 radical (unpaired) electrons. The summed E-state index contributed by atoms with van der Waals surface area (Å²) < 4.78 is 15.1. The Bertz CT molecular complexity index is 3430. The molecule has 0 aliphatic heterocycles. The van der Waals surface area contributed by atoms with Crippen molar-refractivity contribution in [3.63, 3.8) is 0 Å². The van der Waals surface area contributed by atoms with Gasteiger partial charge >= 0.3 is 5.97 Å². The first-order valence-corrected chi connectivity index (χ1v) is 22.1. The number of carbonyl (C=O) groups is 1. The van der Waals surface area contributed by atoms with Crippen molar-refractivity contribution in [2.45, 2.75) is 13.8 Å². The van der Waals surface area contributed by atoms with Gasteiger partial charge in [-0.15, -0.1) is 29.8 Å². The zero-order chi connectivity index (χ0) is 46.8. The number of rotatable bonds is 8. The van der Waals surface area contributed by atoms with Crippen LogP contribution in [0.5, 0.6) is 0 Å². The maximum Gasteiger partial charge on any atom is 0.354 e. The number of aromatic nitrogens is 4. The molecule has 0 bridgehead atoms. The molecule has 0 atom stereocenters. The molecule has 3 aromatic heterocycles. The molecule has 11 rings (SSSR count). The third-order valence-corrected chi connectivity index (χ3v) is 11.4. The molecule has 0 amide bonds. The second-order valence-electron chi connectivity index (χ2n) is 15.9. The first-order valence-electron chi connectivity index (χ1n) is 22.1. The van der Waals surface area contributed by atoms with Crippen molar-refractivity contribution in [1.82, 2.24) is 19.5 Å². The normalized spacial score (nSPS) is 10.5. The molecular weight excluding hydrogens is 1030 g/mol. The molecule has 3 heterocycles. The van der Waals surface area contributed by atoms with E-state index in [1.165, 1.54) is 74.1 Å². The van der Waals surface area contributed by atoms with Gasteiger partial charge in [0.25, 0.3) is 0 Å². The quantitative estimate of drug-likeness (QED) is 0.153. The summed E-state index contributed by atoms with van der Waals surface area (Å²) in [7, 11) is 0. The van der Waals surface area contributed by atoms with Gasteiger partial charge in [0, 0.05) is 83.2 Å². The molecule has 0 fully saturated rings. The summed E-state index contributed by atoms with van der Waals surface area (Å²) in [5.41, 5.74) is 15.1. The number of pyridine rings is 1. The van der Waals surface area contributed by atoms with Gasteiger partial charge in [-0.3, -0.25) is 9.37 Å². The first-order chi connectivity index (χ1) is 33.3. The van der Waals surface area contributed by atoms with Gasteiger partial charge in [0.05, 0.1) is 16.7 Å². The summed E-state index contributed by atoms with van der Waals surface area (Å²) in [6, 6.07) is 76.9. The summed E-state index contributed by atoms with van der Waals surface area (Å²) in [5.74, 6) is -1.29. The van der Waals surface area contributed by atoms with Crippen molar-refractivity contribution >= 4 is 44.8 Å². The number of aryl methyl sites for hydroxylation is 2. The van der Waals surface area contributed by atoms with Crippen molar-refractivity contribution in [3.05, 3.63) is 260 Å². The third-order valence-electron chi connectivity index (χ3n) is 11.4. The monoisotopic (exact) mass is 1080 g/mol. The molecule has 0 saturated heterocycles. The summed E-state index contributed by atoms with van der Waals surface area (Å²) in [5, 5.41) is 10.8. The summed E-state index contributed by atoms with van der Waals surface area (Å²) in [6.45, 7) is 3.77. The minimum atomic E-state index is -0.990. The maximum atomic E-state index is 12.7. The molecule has 9 heteroatoms. The van der Waals surface area contributed by atoms with Crippen molar-refractivity contribution in [2.24, 2.45) is 0 Å². The SMILES string of the molecule is Cc1cnc(-c2[c-]cc(F)cc2)c(C)n1.O=C(O)c1ccccn1.[Ir].c1ccc(-c2ccc(N(c3ccccc3)c3ccc(-c4ccc5c(c4)c4ccccc4n5-c4ccccc4)cc3)cc2)cc1. The fourth-order valence-electron chi connectivity index (χ4n) is 8.17. The number of hydrogen-bond donors (Lipinski definition) is 1. The Morgan fingerprint density at radius 2 is 1.12 bits per heavy atom. The number of halogens is 1. The number of anilines is 3. The van der Waals surface area contributed by atoms with Crippen molar-refractivity contribution in [3.8, 4) is 39.2 Å². The van der Waals surface area contributed by atoms with Crippen LogP contribution in [0.2, 0.25) is 0 Å². The number of para-hydroxylation sites is 3. The largest absolute Gasteiger partial charge is 0.477 e. The van der Waals surface area contributed by atoms with Crippen LogP contribution in [0.4, 0.5) is 21.5 Å². The predicted molar refractivity (Wildman–Crippen MR) is 273 cm³/mol. The van der Waals surface area contributed by atoms with E-state index in [0.717, 1.165) is 39.7 Å². The molecule has 0 saturated carbocycles. The molecule has 0 unspecified atom stereocenters. The summed E-state index contributed by atoms with van der Waals surface area (Å²) >= 11 is 0. The zero-order valence-corrected chi connectivity index (χ0v) is 40.1. The fraction of sp³-hybridized carbons (Fsp3) is 0.0333. The van der Waals surface area contributed by atoms with Gasteiger partial charge in [-0.05, 0) is 115 Å². The first kappa shape index (κ1) is 47.1. The molecule has 69 heavy (non-hydrogen) atoms. The Hall–Kier alpha value is -8.36. The van der Waals surface area contributed by atoms with Gasteiger partial charge in [-0.1, -0.05) is 121 Å². The van der Waals surface area contributed by atoms with E-state index in [1.807, 2.05) is 13.8 Å². The van der Waals surface area contributed by atoms with Crippen LogP contribution in [0, 0.1) is 25.7 Å². The number of fused-ring (bicyclic) bond motifs is 3. The van der Waals surface area contributed by atoms with Crippen LogP contribution < -0.4 is 4.90 Å². The summed E-state index contributed by atoms with van der Waals surface area (Å²) in [4.78, 5) is 24.6. The van der Waals surface area contributed by atoms with Gasteiger partial charge in [0.1, 0.15) is 5.69 Å². The van der Waals surface area contributed by atoms with Crippen molar-refractivity contribution in [1.29, 1.82) is 0 Å². The molecule has 11 aromatic rings. The van der Waals surface area contributed by atoms with E-state index in [0.29, 0.717) is 0 Å². The van der Waals surface area contributed by atoms with E-state index in [4.69, 9.17) is 5.11 Å². The molecule has 0 aliphatic rings. The maximum absolute atomic E-state index is 12.7.